The van der Waals surface area contributed by atoms with Crippen LogP contribution in [-0.4, -0.2) is 41.0 Å². The number of carbonyl (C=O) groups is 3. The molecular formula is C17H18N4O7. The lowest BCUT2D eigenvalue weighted by Gasteiger charge is -2.18. The molecule has 11 heteroatoms. The molecule has 2 rings (SSSR count). The lowest BCUT2D eigenvalue weighted by molar-refractivity contribution is -0.140. The summed E-state index contributed by atoms with van der Waals surface area (Å²) >= 11 is 0. The van der Waals surface area contributed by atoms with E-state index in [1.807, 2.05) is 4.98 Å². The summed E-state index contributed by atoms with van der Waals surface area (Å²) in [6.45, 7) is 3.47. The molecule has 1 aliphatic rings. The maximum Gasteiger partial charge on any atom is 0.331 e. The lowest BCUT2D eigenvalue weighted by Crippen LogP contribution is -2.35. The summed E-state index contributed by atoms with van der Waals surface area (Å²) in [6.07, 6.45) is 3.53. The SMILES string of the molecule is C=C1NC(=O)C=C(CCOC(=O)/C=C/C(=O)OCCc2cc(=O)[nH]c(=O)[nH]2)N1. The number of carbonyl (C=O) groups excluding carboxylic acids is 3. The zero-order valence-electron chi connectivity index (χ0n) is 14.7. The number of amides is 1. The molecule has 0 radical (unpaired) electrons. The van der Waals surface area contributed by atoms with Gasteiger partial charge in [0.1, 0.15) is 5.82 Å². The van der Waals surface area contributed by atoms with Gasteiger partial charge in [0.2, 0.25) is 0 Å². The molecule has 4 N–H and O–H groups in total. The molecule has 0 saturated heterocycles. The van der Waals surface area contributed by atoms with E-state index in [4.69, 9.17) is 9.47 Å². The van der Waals surface area contributed by atoms with Gasteiger partial charge in [0.25, 0.3) is 11.5 Å². The lowest BCUT2D eigenvalue weighted by atomic mass is 10.2. The van der Waals surface area contributed by atoms with Gasteiger partial charge < -0.3 is 25.1 Å². The monoisotopic (exact) mass is 390 g/mol. The van der Waals surface area contributed by atoms with Crippen LogP contribution in [0, 0.1) is 0 Å². The zero-order chi connectivity index (χ0) is 20.5. The average Bonchev–Trinajstić information content (AvgIpc) is 2.58. The Balaban J connectivity index is 1.67. The van der Waals surface area contributed by atoms with Gasteiger partial charge in [-0.05, 0) is 0 Å². The van der Waals surface area contributed by atoms with E-state index in [1.54, 1.807) is 0 Å². The highest BCUT2D eigenvalue weighted by atomic mass is 16.5. The molecule has 28 heavy (non-hydrogen) atoms. The van der Waals surface area contributed by atoms with Crippen molar-refractivity contribution >= 4 is 17.8 Å². The second-order valence-corrected chi connectivity index (χ2v) is 5.54. The van der Waals surface area contributed by atoms with Crippen molar-refractivity contribution in [3.05, 3.63) is 68.9 Å². The van der Waals surface area contributed by atoms with Crippen LogP contribution < -0.4 is 21.9 Å². The molecule has 0 atom stereocenters. The Morgan fingerprint density at radius 2 is 1.61 bits per heavy atom. The van der Waals surface area contributed by atoms with Crippen LogP contribution in [0.4, 0.5) is 0 Å². The van der Waals surface area contributed by atoms with Crippen LogP contribution in [0.25, 0.3) is 0 Å². The molecule has 1 amide bonds. The van der Waals surface area contributed by atoms with Crippen LogP contribution in [-0.2, 0) is 30.3 Å². The predicted octanol–water partition coefficient (Wildman–Crippen LogP) is -1.29. The van der Waals surface area contributed by atoms with Crippen molar-refractivity contribution in [2.45, 2.75) is 12.8 Å². The zero-order valence-corrected chi connectivity index (χ0v) is 14.7. The molecule has 1 aliphatic heterocycles. The summed E-state index contributed by atoms with van der Waals surface area (Å²) in [5.41, 5.74) is -0.355. The third-order valence-electron chi connectivity index (χ3n) is 3.29. The first-order valence-electron chi connectivity index (χ1n) is 8.13. The minimum Gasteiger partial charge on any atom is -0.462 e. The number of ether oxygens (including phenoxy) is 2. The van der Waals surface area contributed by atoms with Crippen LogP contribution in [0.3, 0.4) is 0 Å². The van der Waals surface area contributed by atoms with E-state index in [0.29, 0.717) is 17.2 Å². The van der Waals surface area contributed by atoms with Crippen molar-refractivity contribution in [2.24, 2.45) is 0 Å². The molecule has 0 bridgehead atoms. The number of hydrogen-bond acceptors (Lipinski definition) is 8. The molecule has 2 heterocycles. The van der Waals surface area contributed by atoms with Crippen LogP contribution >= 0.6 is 0 Å². The molecular weight excluding hydrogens is 372 g/mol. The summed E-state index contributed by atoms with van der Waals surface area (Å²) in [6, 6.07) is 1.18. The molecule has 148 valence electrons. The summed E-state index contributed by atoms with van der Waals surface area (Å²) in [5, 5.41) is 5.27. The molecule has 0 aliphatic carbocycles. The highest BCUT2D eigenvalue weighted by molar-refractivity contribution is 5.92. The third-order valence-corrected chi connectivity index (χ3v) is 3.29. The fourth-order valence-corrected chi connectivity index (χ4v) is 2.15. The van der Waals surface area contributed by atoms with E-state index in [1.165, 1.54) is 12.1 Å². The smallest absolute Gasteiger partial charge is 0.331 e. The van der Waals surface area contributed by atoms with Crippen LogP contribution in [0.2, 0.25) is 0 Å². The van der Waals surface area contributed by atoms with Crippen LogP contribution in [0.5, 0.6) is 0 Å². The van der Waals surface area contributed by atoms with Crippen molar-refractivity contribution in [2.75, 3.05) is 13.2 Å². The van der Waals surface area contributed by atoms with Gasteiger partial charge in [0.05, 0.1) is 13.2 Å². The van der Waals surface area contributed by atoms with Crippen LogP contribution in [0.15, 0.2) is 52.0 Å². The van der Waals surface area contributed by atoms with E-state index < -0.39 is 23.2 Å². The summed E-state index contributed by atoms with van der Waals surface area (Å²) in [4.78, 5) is 61.0. The molecule has 0 unspecified atom stereocenters. The Morgan fingerprint density at radius 3 is 2.21 bits per heavy atom. The van der Waals surface area contributed by atoms with E-state index in [2.05, 4.69) is 22.2 Å². The molecule has 1 aromatic rings. The van der Waals surface area contributed by atoms with E-state index >= 15 is 0 Å². The van der Waals surface area contributed by atoms with Crippen LogP contribution in [0.1, 0.15) is 12.1 Å². The summed E-state index contributed by atoms with van der Waals surface area (Å²) in [5.74, 6) is -1.53. The minimum atomic E-state index is -0.784. The minimum absolute atomic E-state index is 0.00642. The molecule has 1 aromatic heterocycles. The number of hydrogen-bond donors (Lipinski definition) is 4. The van der Waals surface area contributed by atoms with Crippen molar-refractivity contribution < 1.29 is 23.9 Å². The second-order valence-electron chi connectivity index (χ2n) is 5.54. The van der Waals surface area contributed by atoms with Gasteiger partial charge in [-0.15, -0.1) is 0 Å². The molecule has 0 aromatic carbocycles. The Labute approximate surface area is 158 Å². The first-order valence-corrected chi connectivity index (χ1v) is 8.13. The molecule has 0 spiro atoms. The van der Waals surface area contributed by atoms with Gasteiger partial charge in [-0.3, -0.25) is 14.6 Å². The standard InChI is InChI=1S/C17H18N4O7/c1-10-18-11(8-13(22)19-10)4-6-27-15(24)2-3-16(25)28-7-5-12-9-14(23)21-17(26)20-12/h2-3,8-9,18H,1,4-7H2,(H,19,22)(H2,20,21,23,26)/b3-2+. The Morgan fingerprint density at radius 1 is 0.964 bits per heavy atom. The first kappa shape index (κ1) is 20.4. The van der Waals surface area contributed by atoms with Gasteiger partial charge >= 0.3 is 17.6 Å². The normalized spacial score (nSPS) is 13.5. The number of H-pyrrole nitrogens is 2. The topological polar surface area (TPSA) is 159 Å². The highest BCUT2D eigenvalue weighted by Crippen LogP contribution is 2.04. The van der Waals surface area contributed by atoms with Gasteiger partial charge in [0.15, 0.2) is 0 Å². The first-order chi connectivity index (χ1) is 13.3. The predicted molar refractivity (Wildman–Crippen MR) is 95.6 cm³/mol. The molecule has 11 nitrogen and oxygen atoms in total. The maximum atomic E-state index is 11.6. The number of aromatic amines is 2. The second kappa shape index (κ2) is 9.71. The number of esters is 2. The van der Waals surface area contributed by atoms with E-state index in [9.17, 15) is 24.0 Å². The Kier molecular flexibility index (Phi) is 7.08. The number of aromatic nitrogens is 2. The molecule has 0 saturated carbocycles. The van der Waals surface area contributed by atoms with E-state index in [-0.39, 0.29) is 32.0 Å². The van der Waals surface area contributed by atoms with Gasteiger partial charge in [-0.1, -0.05) is 6.58 Å². The quantitative estimate of drug-likeness (QED) is 0.315. The summed E-state index contributed by atoms with van der Waals surface area (Å²) < 4.78 is 9.77. The largest absolute Gasteiger partial charge is 0.462 e. The third kappa shape index (κ3) is 7.15. The van der Waals surface area contributed by atoms with Gasteiger partial charge in [0, 0.05) is 48.5 Å². The maximum absolute atomic E-state index is 11.6. The van der Waals surface area contributed by atoms with Gasteiger partial charge in [-0.25, -0.2) is 14.4 Å². The Bertz CT molecular complexity index is 926. The Hall–Kier alpha value is -3.89. The fourth-order valence-electron chi connectivity index (χ4n) is 2.15. The van der Waals surface area contributed by atoms with Crippen molar-refractivity contribution in [1.29, 1.82) is 0 Å². The fraction of sp³-hybridized carbons (Fsp3) is 0.235. The highest BCUT2D eigenvalue weighted by Gasteiger charge is 2.11. The van der Waals surface area contributed by atoms with Crippen molar-refractivity contribution in [3.8, 4) is 0 Å². The molecule has 0 fully saturated rings. The average molecular weight is 390 g/mol. The summed E-state index contributed by atoms with van der Waals surface area (Å²) in [7, 11) is 0. The van der Waals surface area contributed by atoms with E-state index in [0.717, 1.165) is 12.2 Å². The van der Waals surface area contributed by atoms with Crippen molar-refractivity contribution in [1.82, 2.24) is 20.6 Å². The van der Waals surface area contributed by atoms with Gasteiger partial charge in [-0.2, -0.15) is 0 Å². The number of nitrogens with one attached hydrogen (secondary N) is 4. The number of rotatable bonds is 8. The van der Waals surface area contributed by atoms with Crippen molar-refractivity contribution in [3.63, 3.8) is 0 Å².